The number of nitrogens with zero attached hydrogens (tertiary/aromatic N) is 4. The predicted octanol–water partition coefficient (Wildman–Crippen LogP) is 0.126. The Balaban J connectivity index is 1.76. The van der Waals surface area contributed by atoms with Gasteiger partial charge < -0.3 is 14.9 Å². The number of aliphatic hydroxyl groups excluding tert-OH is 1. The number of pyridine rings is 1. The summed E-state index contributed by atoms with van der Waals surface area (Å²) >= 11 is 0. The van der Waals surface area contributed by atoms with E-state index in [2.05, 4.69) is 21.8 Å². The molecule has 0 aromatic carbocycles. The van der Waals surface area contributed by atoms with Crippen LogP contribution in [0.15, 0.2) is 24.4 Å². The molecular weight excluding hydrogens is 240 g/mol. The van der Waals surface area contributed by atoms with Crippen LogP contribution in [0.4, 0.5) is 5.82 Å². The molecule has 1 aromatic heterocycles. The predicted molar refractivity (Wildman–Crippen MR) is 77.5 cm³/mol. The number of β-amino-alcohol motifs (C(OH)–C–C–N with tert-alkyl or cyclic N) is 1. The average Bonchev–Trinajstić information content (AvgIpc) is 2.42. The molecule has 2 rings (SSSR count). The second kappa shape index (κ2) is 6.84. The Morgan fingerprint density at radius 3 is 2.68 bits per heavy atom. The minimum Gasteiger partial charge on any atom is -0.390 e. The first-order valence-electron chi connectivity index (χ1n) is 6.86. The van der Waals surface area contributed by atoms with Crippen LogP contribution in [0, 0.1) is 0 Å². The first-order chi connectivity index (χ1) is 9.15. The maximum absolute atomic E-state index is 10.2. The zero-order chi connectivity index (χ0) is 13.7. The molecule has 0 unspecified atom stereocenters. The smallest absolute Gasteiger partial charge is 0.128 e. The fourth-order valence-electron chi connectivity index (χ4n) is 2.38. The largest absolute Gasteiger partial charge is 0.390 e. The standard InChI is InChI=1S/C14H24N4O/c1-16-7-9-18(10-8-16)12-13(19)11-17(2)14-5-3-4-6-15-14/h3-6,13,19H,7-12H2,1-2H3/t13-/m1/s1. The lowest BCUT2D eigenvalue weighted by Gasteiger charge is -2.34. The van der Waals surface area contributed by atoms with Gasteiger partial charge in [-0.25, -0.2) is 4.98 Å². The molecule has 0 radical (unpaired) electrons. The SMILES string of the molecule is CN1CCN(C[C@H](O)CN(C)c2ccccn2)CC1. The van der Waals surface area contributed by atoms with Gasteiger partial charge in [0, 0.05) is 52.5 Å². The third-order valence-corrected chi connectivity index (χ3v) is 3.59. The minimum atomic E-state index is -0.338. The quantitative estimate of drug-likeness (QED) is 0.818. The van der Waals surface area contributed by atoms with Gasteiger partial charge in [-0.2, -0.15) is 0 Å². The molecule has 1 atom stereocenters. The van der Waals surface area contributed by atoms with Crippen LogP contribution in [0.25, 0.3) is 0 Å². The maximum atomic E-state index is 10.2. The van der Waals surface area contributed by atoms with Crippen molar-refractivity contribution >= 4 is 5.82 Å². The van der Waals surface area contributed by atoms with Crippen molar-refractivity contribution in [1.29, 1.82) is 0 Å². The van der Waals surface area contributed by atoms with E-state index in [9.17, 15) is 5.11 Å². The minimum absolute atomic E-state index is 0.338. The number of hydrogen-bond donors (Lipinski definition) is 1. The van der Waals surface area contributed by atoms with Gasteiger partial charge in [-0.05, 0) is 19.2 Å². The molecule has 5 nitrogen and oxygen atoms in total. The third-order valence-electron chi connectivity index (χ3n) is 3.59. The first-order valence-corrected chi connectivity index (χ1v) is 6.86. The summed E-state index contributed by atoms with van der Waals surface area (Å²) in [4.78, 5) is 10.9. The van der Waals surface area contributed by atoms with Gasteiger partial charge in [0.15, 0.2) is 0 Å². The molecule has 1 aliphatic rings. The molecule has 19 heavy (non-hydrogen) atoms. The summed E-state index contributed by atoms with van der Waals surface area (Å²) in [6, 6.07) is 5.83. The van der Waals surface area contributed by atoms with Crippen molar-refractivity contribution in [2.45, 2.75) is 6.10 Å². The van der Waals surface area contributed by atoms with E-state index >= 15 is 0 Å². The van der Waals surface area contributed by atoms with Gasteiger partial charge in [-0.3, -0.25) is 4.90 Å². The highest BCUT2D eigenvalue weighted by Gasteiger charge is 2.18. The summed E-state index contributed by atoms with van der Waals surface area (Å²) in [6.45, 7) is 5.61. The number of rotatable bonds is 5. The number of piperazine rings is 1. The molecule has 2 heterocycles. The first kappa shape index (κ1) is 14.2. The molecule has 0 saturated carbocycles. The molecule has 1 fully saturated rings. The Labute approximate surface area is 115 Å². The van der Waals surface area contributed by atoms with Crippen molar-refractivity contribution in [3.8, 4) is 0 Å². The zero-order valence-corrected chi connectivity index (χ0v) is 11.9. The summed E-state index contributed by atoms with van der Waals surface area (Å²) < 4.78 is 0. The van der Waals surface area contributed by atoms with E-state index in [-0.39, 0.29) is 6.10 Å². The monoisotopic (exact) mass is 264 g/mol. The number of aliphatic hydroxyl groups is 1. The van der Waals surface area contributed by atoms with E-state index in [1.807, 2.05) is 30.1 Å². The Hall–Kier alpha value is -1.17. The van der Waals surface area contributed by atoms with Crippen LogP contribution in [-0.4, -0.2) is 79.4 Å². The summed E-state index contributed by atoms with van der Waals surface area (Å²) in [5.74, 6) is 0.903. The molecule has 0 spiro atoms. The van der Waals surface area contributed by atoms with Crippen LogP contribution >= 0.6 is 0 Å². The van der Waals surface area contributed by atoms with Crippen molar-refractivity contribution < 1.29 is 5.11 Å². The van der Waals surface area contributed by atoms with E-state index in [1.54, 1.807) is 6.20 Å². The summed E-state index contributed by atoms with van der Waals surface area (Å²) in [7, 11) is 4.11. The van der Waals surface area contributed by atoms with Gasteiger partial charge in [0.1, 0.15) is 5.82 Å². The summed E-state index contributed by atoms with van der Waals surface area (Å²) in [5, 5.41) is 10.2. The third kappa shape index (κ3) is 4.45. The van der Waals surface area contributed by atoms with Crippen molar-refractivity contribution in [3.05, 3.63) is 24.4 Å². The Morgan fingerprint density at radius 1 is 1.32 bits per heavy atom. The van der Waals surface area contributed by atoms with Gasteiger partial charge in [0.2, 0.25) is 0 Å². The fourth-order valence-corrected chi connectivity index (χ4v) is 2.38. The van der Waals surface area contributed by atoms with E-state index in [1.165, 1.54) is 0 Å². The maximum Gasteiger partial charge on any atom is 0.128 e. The van der Waals surface area contributed by atoms with Gasteiger partial charge in [-0.15, -0.1) is 0 Å². The van der Waals surface area contributed by atoms with Gasteiger partial charge in [0.25, 0.3) is 0 Å². The summed E-state index contributed by atoms with van der Waals surface area (Å²) in [5.41, 5.74) is 0. The summed E-state index contributed by atoms with van der Waals surface area (Å²) in [6.07, 6.45) is 1.44. The fraction of sp³-hybridized carbons (Fsp3) is 0.643. The molecule has 1 aromatic rings. The number of hydrogen-bond acceptors (Lipinski definition) is 5. The molecule has 5 heteroatoms. The molecule has 0 bridgehead atoms. The molecule has 0 aliphatic carbocycles. The highest BCUT2D eigenvalue weighted by atomic mass is 16.3. The Bertz CT molecular complexity index is 365. The van der Waals surface area contributed by atoms with E-state index < -0.39 is 0 Å². The number of anilines is 1. The number of aromatic nitrogens is 1. The van der Waals surface area contributed by atoms with Crippen molar-refractivity contribution in [1.82, 2.24) is 14.8 Å². The van der Waals surface area contributed by atoms with Crippen LogP contribution in [0.1, 0.15) is 0 Å². The normalized spacial score (nSPS) is 19.3. The Kier molecular flexibility index (Phi) is 5.13. The van der Waals surface area contributed by atoms with Gasteiger partial charge in [-0.1, -0.05) is 6.07 Å². The second-order valence-corrected chi connectivity index (χ2v) is 5.33. The van der Waals surface area contributed by atoms with Crippen LogP contribution in [0.3, 0.4) is 0 Å². The molecule has 106 valence electrons. The molecule has 0 amide bonds. The van der Waals surface area contributed by atoms with E-state index in [0.29, 0.717) is 6.54 Å². The van der Waals surface area contributed by atoms with Crippen LogP contribution < -0.4 is 4.90 Å². The lowest BCUT2D eigenvalue weighted by Crippen LogP contribution is -2.48. The lowest BCUT2D eigenvalue weighted by atomic mass is 10.2. The zero-order valence-electron chi connectivity index (χ0n) is 11.9. The molecule has 1 saturated heterocycles. The van der Waals surface area contributed by atoms with Crippen LogP contribution in [-0.2, 0) is 0 Å². The second-order valence-electron chi connectivity index (χ2n) is 5.33. The van der Waals surface area contributed by atoms with E-state index in [0.717, 1.165) is 38.5 Å². The van der Waals surface area contributed by atoms with Crippen molar-refractivity contribution in [2.75, 3.05) is 58.3 Å². The average molecular weight is 264 g/mol. The van der Waals surface area contributed by atoms with E-state index in [4.69, 9.17) is 0 Å². The molecule has 1 N–H and O–H groups in total. The topological polar surface area (TPSA) is 42.8 Å². The number of likely N-dealkylation sites (N-methyl/N-ethyl adjacent to an activating group) is 2. The van der Waals surface area contributed by atoms with Crippen LogP contribution in [0.2, 0.25) is 0 Å². The Morgan fingerprint density at radius 2 is 2.05 bits per heavy atom. The van der Waals surface area contributed by atoms with Gasteiger partial charge >= 0.3 is 0 Å². The van der Waals surface area contributed by atoms with Crippen molar-refractivity contribution in [3.63, 3.8) is 0 Å². The van der Waals surface area contributed by atoms with Crippen molar-refractivity contribution in [2.24, 2.45) is 0 Å². The molecule has 1 aliphatic heterocycles. The van der Waals surface area contributed by atoms with Crippen LogP contribution in [0.5, 0.6) is 0 Å². The highest BCUT2D eigenvalue weighted by Crippen LogP contribution is 2.08. The highest BCUT2D eigenvalue weighted by molar-refractivity contribution is 5.36. The lowest BCUT2D eigenvalue weighted by molar-refractivity contribution is 0.0842. The molecular formula is C14H24N4O. The van der Waals surface area contributed by atoms with Gasteiger partial charge in [0.05, 0.1) is 6.10 Å².